The summed E-state index contributed by atoms with van der Waals surface area (Å²) in [5.41, 5.74) is 5.17. The van der Waals surface area contributed by atoms with Crippen molar-refractivity contribution < 1.29 is 9.90 Å². The Bertz CT molecular complexity index is 422. The van der Waals surface area contributed by atoms with Gasteiger partial charge in [0.25, 0.3) is 0 Å². The van der Waals surface area contributed by atoms with Crippen LogP contribution in [0.15, 0.2) is 30.3 Å². The summed E-state index contributed by atoms with van der Waals surface area (Å²) in [5, 5.41) is 12.8. The van der Waals surface area contributed by atoms with E-state index in [0.717, 1.165) is 5.56 Å². The van der Waals surface area contributed by atoms with E-state index in [1.54, 1.807) is 27.7 Å². The molecular formula is C15H24N2O2. The molecule has 0 radical (unpaired) electrons. The van der Waals surface area contributed by atoms with Crippen molar-refractivity contribution >= 4 is 5.91 Å². The number of amides is 1. The smallest absolute Gasteiger partial charge is 0.237 e. The Morgan fingerprint density at radius 3 is 2.26 bits per heavy atom. The zero-order valence-electron chi connectivity index (χ0n) is 12.1. The molecule has 1 atom stereocenters. The van der Waals surface area contributed by atoms with Crippen molar-refractivity contribution in [3.63, 3.8) is 0 Å². The molecule has 1 amide bonds. The van der Waals surface area contributed by atoms with Crippen molar-refractivity contribution in [1.82, 2.24) is 5.32 Å². The van der Waals surface area contributed by atoms with Crippen LogP contribution in [0.2, 0.25) is 0 Å². The fraction of sp³-hybridized carbons (Fsp3) is 0.533. The van der Waals surface area contributed by atoms with Gasteiger partial charge in [-0.25, -0.2) is 0 Å². The van der Waals surface area contributed by atoms with Crippen molar-refractivity contribution in [3.8, 4) is 0 Å². The third kappa shape index (κ3) is 4.33. The van der Waals surface area contributed by atoms with Crippen LogP contribution in [0, 0.1) is 0 Å². The predicted molar refractivity (Wildman–Crippen MR) is 76.6 cm³/mol. The molecule has 4 N–H and O–H groups in total. The number of carbonyl (C=O) groups excluding carboxylic acids is 1. The molecule has 19 heavy (non-hydrogen) atoms. The molecule has 4 heteroatoms. The predicted octanol–water partition coefficient (Wildman–Crippen LogP) is 1.22. The topological polar surface area (TPSA) is 75.3 Å². The summed E-state index contributed by atoms with van der Waals surface area (Å²) in [6.07, 6.45) is 0.481. The van der Waals surface area contributed by atoms with Gasteiger partial charge >= 0.3 is 0 Å². The van der Waals surface area contributed by atoms with Gasteiger partial charge in [0.1, 0.15) is 0 Å². The van der Waals surface area contributed by atoms with Gasteiger partial charge in [-0.3, -0.25) is 4.79 Å². The second kappa shape index (κ2) is 5.72. The molecule has 0 saturated carbocycles. The van der Waals surface area contributed by atoms with Crippen molar-refractivity contribution in [2.24, 2.45) is 5.73 Å². The second-order valence-electron chi connectivity index (χ2n) is 5.97. The highest BCUT2D eigenvalue weighted by molar-refractivity contribution is 5.82. The maximum Gasteiger partial charge on any atom is 0.237 e. The van der Waals surface area contributed by atoms with E-state index in [4.69, 9.17) is 5.73 Å². The number of hydrogen-bond acceptors (Lipinski definition) is 3. The highest BCUT2D eigenvalue weighted by Crippen LogP contribution is 2.20. The fourth-order valence-electron chi connectivity index (χ4n) is 1.51. The van der Waals surface area contributed by atoms with Gasteiger partial charge in [-0.1, -0.05) is 30.3 Å². The maximum absolute atomic E-state index is 12.1. The zero-order chi connectivity index (χ0) is 14.7. The minimum absolute atomic E-state index is 0.254. The van der Waals surface area contributed by atoms with Gasteiger partial charge in [0.15, 0.2) is 0 Å². The first-order valence-electron chi connectivity index (χ1n) is 6.47. The summed E-state index contributed by atoms with van der Waals surface area (Å²) in [4.78, 5) is 12.1. The van der Waals surface area contributed by atoms with Gasteiger partial charge in [-0.2, -0.15) is 0 Å². The van der Waals surface area contributed by atoms with E-state index in [1.807, 2.05) is 30.3 Å². The Morgan fingerprint density at radius 1 is 1.26 bits per heavy atom. The van der Waals surface area contributed by atoms with Crippen LogP contribution < -0.4 is 11.1 Å². The summed E-state index contributed by atoms with van der Waals surface area (Å²) in [7, 11) is 0. The molecule has 0 aromatic heterocycles. The van der Waals surface area contributed by atoms with E-state index in [2.05, 4.69) is 5.32 Å². The van der Waals surface area contributed by atoms with Crippen LogP contribution in [0.4, 0.5) is 0 Å². The van der Waals surface area contributed by atoms with Gasteiger partial charge in [0, 0.05) is 0 Å². The van der Waals surface area contributed by atoms with E-state index < -0.39 is 17.2 Å². The van der Waals surface area contributed by atoms with Crippen molar-refractivity contribution in [2.75, 3.05) is 0 Å². The summed E-state index contributed by atoms with van der Waals surface area (Å²) < 4.78 is 0. The largest absolute Gasteiger partial charge is 0.388 e. The van der Waals surface area contributed by atoms with Gasteiger partial charge in [0.05, 0.1) is 17.2 Å². The maximum atomic E-state index is 12.1. The molecule has 0 saturated heterocycles. The number of hydrogen-bond donors (Lipinski definition) is 3. The van der Waals surface area contributed by atoms with Gasteiger partial charge in [-0.15, -0.1) is 0 Å². The monoisotopic (exact) mass is 264 g/mol. The van der Waals surface area contributed by atoms with Gasteiger partial charge < -0.3 is 16.2 Å². The van der Waals surface area contributed by atoms with Crippen LogP contribution in [0.3, 0.4) is 0 Å². The summed E-state index contributed by atoms with van der Waals surface area (Å²) in [6.45, 7) is 6.88. The fourth-order valence-corrected chi connectivity index (χ4v) is 1.51. The third-order valence-corrected chi connectivity index (χ3v) is 3.60. The minimum atomic E-state index is -1.02. The first-order valence-corrected chi connectivity index (χ1v) is 6.47. The summed E-state index contributed by atoms with van der Waals surface area (Å²) in [5.74, 6) is -0.254. The van der Waals surface area contributed by atoms with Crippen LogP contribution in [0.25, 0.3) is 0 Å². The van der Waals surface area contributed by atoms with Crippen molar-refractivity contribution in [1.29, 1.82) is 0 Å². The van der Waals surface area contributed by atoms with E-state index in [9.17, 15) is 9.90 Å². The van der Waals surface area contributed by atoms with E-state index in [1.165, 1.54) is 0 Å². The molecule has 0 bridgehead atoms. The van der Waals surface area contributed by atoms with E-state index in [0.29, 0.717) is 6.42 Å². The molecule has 0 aliphatic carbocycles. The molecule has 106 valence electrons. The van der Waals surface area contributed by atoms with Gasteiger partial charge in [0.2, 0.25) is 5.91 Å². The summed E-state index contributed by atoms with van der Waals surface area (Å²) >= 11 is 0. The Labute approximate surface area is 115 Å². The zero-order valence-corrected chi connectivity index (χ0v) is 12.1. The molecule has 1 aromatic carbocycles. The van der Waals surface area contributed by atoms with Crippen LogP contribution in [0.1, 0.15) is 33.3 Å². The number of nitrogens with two attached hydrogens (primary N) is 1. The molecular weight excluding hydrogens is 240 g/mol. The molecule has 0 fully saturated rings. The molecule has 0 heterocycles. The van der Waals surface area contributed by atoms with Crippen LogP contribution >= 0.6 is 0 Å². The third-order valence-electron chi connectivity index (χ3n) is 3.60. The standard InChI is InChI=1S/C15H24N2O2/c1-14(2,15(3,4)19)17-13(18)12(16)10-11-8-6-5-7-9-11/h5-9,12,19H,10,16H2,1-4H3,(H,17,18)/t12-/m1/s1. The Morgan fingerprint density at radius 2 is 1.79 bits per heavy atom. The Kier molecular flexibility index (Phi) is 4.71. The van der Waals surface area contributed by atoms with Crippen molar-refractivity contribution in [3.05, 3.63) is 35.9 Å². The SMILES string of the molecule is CC(C)(O)C(C)(C)NC(=O)[C@H](N)Cc1ccccc1. The number of aliphatic hydroxyl groups is 1. The molecule has 4 nitrogen and oxygen atoms in total. The van der Waals surface area contributed by atoms with Crippen LogP contribution in [0.5, 0.6) is 0 Å². The molecule has 0 unspecified atom stereocenters. The summed E-state index contributed by atoms with van der Waals surface area (Å²) in [6, 6.07) is 9.01. The highest BCUT2D eigenvalue weighted by atomic mass is 16.3. The van der Waals surface area contributed by atoms with E-state index in [-0.39, 0.29) is 5.91 Å². The quantitative estimate of drug-likeness (QED) is 0.748. The lowest BCUT2D eigenvalue weighted by molar-refractivity contribution is -0.127. The number of rotatable bonds is 5. The lowest BCUT2D eigenvalue weighted by atomic mass is 9.85. The average Bonchev–Trinajstić information content (AvgIpc) is 2.28. The number of nitrogens with one attached hydrogen (secondary N) is 1. The van der Waals surface area contributed by atoms with Gasteiger partial charge in [-0.05, 0) is 39.7 Å². The Hall–Kier alpha value is -1.39. The minimum Gasteiger partial charge on any atom is -0.388 e. The van der Waals surface area contributed by atoms with Crippen LogP contribution in [-0.4, -0.2) is 28.2 Å². The average molecular weight is 264 g/mol. The first-order chi connectivity index (χ1) is 8.63. The van der Waals surface area contributed by atoms with Crippen LogP contribution in [-0.2, 0) is 11.2 Å². The highest BCUT2D eigenvalue weighted by Gasteiger charge is 2.37. The lowest BCUT2D eigenvalue weighted by Gasteiger charge is -2.38. The molecule has 1 aromatic rings. The molecule has 1 rings (SSSR count). The Balaban J connectivity index is 2.64. The second-order valence-corrected chi connectivity index (χ2v) is 5.97. The normalized spacial score (nSPS) is 14.0. The number of benzene rings is 1. The molecule has 0 spiro atoms. The lowest BCUT2D eigenvalue weighted by Crippen LogP contribution is -2.60. The van der Waals surface area contributed by atoms with Crippen molar-refractivity contribution in [2.45, 2.75) is 51.3 Å². The molecule has 0 aliphatic heterocycles. The number of carbonyl (C=O) groups is 1. The van der Waals surface area contributed by atoms with E-state index >= 15 is 0 Å². The molecule has 0 aliphatic rings. The first kappa shape index (κ1) is 15.7.